The summed E-state index contributed by atoms with van der Waals surface area (Å²) < 4.78 is 10.7. The molecule has 0 bridgehead atoms. The molecule has 0 radical (unpaired) electrons. The monoisotopic (exact) mass is 260 g/mol. The molecule has 1 aromatic carbocycles. The zero-order chi connectivity index (χ0) is 13.1. The Morgan fingerprint density at radius 1 is 1.22 bits per heavy atom. The first kappa shape index (κ1) is 12.4. The van der Waals surface area contributed by atoms with Crippen LogP contribution >= 0.6 is 11.3 Å². The smallest absolute Gasteiger partial charge is 0.132 e. The van der Waals surface area contributed by atoms with E-state index in [4.69, 9.17) is 14.7 Å². The van der Waals surface area contributed by atoms with Crippen LogP contribution in [-0.4, -0.2) is 19.2 Å². The van der Waals surface area contributed by atoms with Crippen molar-refractivity contribution < 1.29 is 9.47 Å². The van der Waals surface area contributed by atoms with Crippen LogP contribution in [0, 0.1) is 18.3 Å². The molecule has 1 heterocycles. The maximum atomic E-state index is 8.99. The number of nitrogens with zero attached hydrogens (tertiary/aromatic N) is 2. The first-order valence-corrected chi connectivity index (χ1v) is 6.11. The summed E-state index contributed by atoms with van der Waals surface area (Å²) in [6.45, 7) is 1.82. The van der Waals surface area contributed by atoms with Gasteiger partial charge in [0.15, 0.2) is 0 Å². The summed E-state index contributed by atoms with van der Waals surface area (Å²) >= 11 is 1.34. The molecule has 0 atom stereocenters. The summed E-state index contributed by atoms with van der Waals surface area (Å²) in [5.41, 5.74) is 1.52. The number of hydrogen-bond donors (Lipinski definition) is 0. The minimum atomic E-state index is 0.609. The topological polar surface area (TPSA) is 55.1 Å². The highest BCUT2D eigenvalue weighted by molar-refractivity contribution is 7.15. The van der Waals surface area contributed by atoms with Gasteiger partial charge in [0.05, 0.1) is 25.5 Å². The van der Waals surface area contributed by atoms with Gasteiger partial charge in [0, 0.05) is 0 Å². The van der Waals surface area contributed by atoms with Crippen molar-refractivity contribution >= 4 is 11.3 Å². The fourth-order valence-corrected chi connectivity index (χ4v) is 2.59. The van der Waals surface area contributed by atoms with Gasteiger partial charge in [0.1, 0.15) is 27.5 Å². The molecular formula is C13H12N2O2S. The number of hydrogen-bond acceptors (Lipinski definition) is 5. The Morgan fingerprint density at radius 3 is 2.28 bits per heavy atom. The van der Waals surface area contributed by atoms with E-state index in [1.165, 1.54) is 11.3 Å². The summed E-state index contributed by atoms with van der Waals surface area (Å²) in [6, 6.07) is 7.68. The van der Waals surface area contributed by atoms with E-state index >= 15 is 0 Å². The van der Waals surface area contributed by atoms with Crippen molar-refractivity contribution in [1.29, 1.82) is 5.26 Å². The van der Waals surface area contributed by atoms with Gasteiger partial charge < -0.3 is 9.47 Å². The highest BCUT2D eigenvalue weighted by atomic mass is 32.1. The number of ether oxygens (including phenoxy) is 2. The zero-order valence-corrected chi connectivity index (χ0v) is 11.2. The highest BCUT2D eigenvalue weighted by Crippen LogP contribution is 2.40. The fraction of sp³-hybridized carbons (Fsp3) is 0.231. The van der Waals surface area contributed by atoms with Crippen molar-refractivity contribution in [1.82, 2.24) is 4.98 Å². The molecule has 0 aliphatic carbocycles. The standard InChI is InChI=1S/C13H12N2O2S/c1-8-11(7-14)18-13(15-8)12-9(16-2)5-4-6-10(12)17-3/h4-6H,1-3H3. The Bertz CT molecular complexity index is 592. The average molecular weight is 260 g/mol. The third kappa shape index (κ3) is 2.03. The minimum Gasteiger partial charge on any atom is -0.496 e. The van der Waals surface area contributed by atoms with Gasteiger partial charge in [-0.3, -0.25) is 0 Å². The highest BCUT2D eigenvalue weighted by Gasteiger charge is 2.17. The Labute approximate surface area is 109 Å². The number of nitriles is 1. The van der Waals surface area contributed by atoms with Crippen LogP contribution in [0.5, 0.6) is 11.5 Å². The average Bonchev–Trinajstić information content (AvgIpc) is 2.78. The Hall–Kier alpha value is -2.06. The number of aryl methyl sites for hydroxylation is 1. The minimum absolute atomic E-state index is 0.609. The van der Waals surface area contributed by atoms with E-state index in [1.807, 2.05) is 25.1 Å². The molecule has 0 aliphatic rings. The number of rotatable bonds is 3. The van der Waals surface area contributed by atoms with Gasteiger partial charge in [-0.25, -0.2) is 4.98 Å². The van der Waals surface area contributed by atoms with Crippen molar-refractivity contribution in [3.8, 4) is 28.1 Å². The molecule has 2 aromatic rings. The third-order valence-electron chi connectivity index (χ3n) is 2.54. The normalized spacial score (nSPS) is 9.89. The Balaban J connectivity index is 2.65. The third-order valence-corrected chi connectivity index (χ3v) is 3.62. The van der Waals surface area contributed by atoms with Gasteiger partial charge in [-0.1, -0.05) is 6.07 Å². The van der Waals surface area contributed by atoms with E-state index in [0.717, 1.165) is 16.3 Å². The maximum absolute atomic E-state index is 8.99. The Kier molecular flexibility index (Phi) is 3.49. The van der Waals surface area contributed by atoms with E-state index in [-0.39, 0.29) is 0 Å². The molecule has 0 N–H and O–H groups in total. The van der Waals surface area contributed by atoms with Crippen LogP contribution in [0.25, 0.3) is 10.6 Å². The van der Waals surface area contributed by atoms with Crippen LogP contribution < -0.4 is 9.47 Å². The van der Waals surface area contributed by atoms with Gasteiger partial charge in [0.2, 0.25) is 0 Å². The lowest BCUT2D eigenvalue weighted by Crippen LogP contribution is -1.92. The molecule has 0 unspecified atom stereocenters. The largest absolute Gasteiger partial charge is 0.496 e. The van der Waals surface area contributed by atoms with Crippen molar-refractivity contribution in [2.75, 3.05) is 14.2 Å². The molecule has 18 heavy (non-hydrogen) atoms. The first-order valence-electron chi connectivity index (χ1n) is 5.30. The van der Waals surface area contributed by atoms with Crippen molar-refractivity contribution in [2.24, 2.45) is 0 Å². The molecule has 0 amide bonds. The molecule has 1 aromatic heterocycles. The van der Waals surface area contributed by atoms with E-state index in [2.05, 4.69) is 11.1 Å². The molecule has 0 saturated carbocycles. The SMILES string of the molecule is COc1cccc(OC)c1-c1nc(C)c(C#N)s1. The number of aromatic nitrogens is 1. The number of benzene rings is 1. The molecule has 4 nitrogen and oxygen atoms in total. The van der Waals surface area contributed by atoms with E-state index in [9.17, 15) is 0 Å². The summed E-state index contributed by atoms with van der Waals surface area (Å²) in [5.74, 6) is 1.38. The van der Waals surface area contributed by atoms with Crippen molar-refractivity contribution in [3.63, 3.8) is 0 Å². The number of thiazole rings is 1. The van der Waals surface area contributed by atoms with E-state index in [0.29, 0.717) is 16.4 Å². The van der Waals surface area contributed by atoms with Gasteiger partial charge in [-0.2, -0.15) is 5.26 Å². The van der Waals surface area contributed by atoms with Crippen LogP contribution in [-0.2, 0) is 0 Å². The van der Waals surface area contributed by atoms with Gasteiger partial charge in [-0.15, -0.1) is 11.3 Å². The summed E-state index contributed by atoms with van der Waals surface area (Å²) in [4.78, 5) is 5.01. The Morgan fingerprint density at radius 2 is 1.83 bits per heavy atom. The second kappa shape index (κ2) is 5.07. The lowest BCUT2D eigenvalue weighted by atomic mass is 10.2. The quantitative estimate of drug-likeness (QED) is 0.851. The van der Waals surface area contributed by atoms with Crippen molar-refractivity contribution in [2.45, 2.75) is 6.92 Å². The molecular weight excluding hydrogens is 248 g/mol. The van der Waals surface area contributed by atoms with Crippen molar-refractivity contribution in [3.05, 3.63) is 28.8 Å². The molecule has 0 spiro atoms. The molecule has 0 fully saturated rings. The second-order valence-corrected chi connectivity index (χ2v) is 4.58. The molecule has 2 rings (SSSR count). The van der Waals surface area contributed by atoms with Crippen LogP contribution in [0.2, 0.25) is 0 Å². The molecule has 5 heteroatoms. The second-order valence-electron chi connectivity index (χ2n) is 3.58. The number of methoxy groups -OCH3 is 2. The molecule has 0 saturated heterocycles. The fourth-order valence-electron chi connectivity index (χ4n) is 1.67. The van der Waals surface area contributed by atoms with E-state index < -0.39 is 0 Å². The predicted molar refractivity (Wildman–Crippen MR) is 70.1 cm³/mol. The van der Waals surface area contributed by atoms with Gasteiger partial charge >= 0.3 is 0 Å². The maximum Gasteiger partial charge on any atom is 0.132 e. The lowest BCUT2D eigenvalue weighted by Gasteiger charge is -2.10. The van der Waals surface area contributed by atoms with Crippen LogP contribution in [0.4, 0.5) is 0 Å². The van der Waals surface area contributed by atoms with Crippen LogP contribution in [0.3, 0.4) is 0 Å². The summed E-state index contributed by atoms with van der Waals surface area (Å²) in [5, 5.41) is 9.72. The van der Waals surface area contributed by atoms with Gasteiger partial charge in [-0.05, 0) is 19.1 Å². The van der Waals surface area contributed by atoms with Gasteiger partial charge in [0.25, 0.3) is 0 Å². The predicted octanol–water partition coefficient (Wildman–Crippen LogP) is 3.01. The zero-order valence-electron chi connectivity index (χ0n) is 10.4. The van der Waals surface area contributed by atoms with E-state index in [1.54, 1.807) is 14.2 Å². The summed E-state index contributed by atoms with van der Waals surface area (Å²) in [6.07, 6.45) is 0. The molecule has 0 aliphatic heterocycles. The van der Waals surface area contributed by atoms with Crippen LogP contribution in [0.15, 0.2) is 18.2 Å². The lowest BCUT2D eigenvalue weighted by molar-refractivity contribution is 0.397. The summed E-state index contributed by atoms with van der Waals surface area (Å²) in [7, 11) is 3.20. The molecule has 92 valence electrons. The van der Waals surface area contributed by atoms with Crippen LogP contribution in [0.1, 0.15) is 10.6 Å². The first-order chi connectivity index (χ1) is 8.71.